The number of aromatic nitrogens is 2. The van der Waals surface area contributed by atoms with Crippen LogP contribution in [0.4, 0.5) is 8.78 Å². The molecule has 1 fully saturated rings. The summed E-state index contributed by atoms with van der Waals surface area (Å²) >= 11 is 1.44. The zero-order chi connectivity index (χ0) is 22.5. The van der Waals surface area contributed by atoms with Gasteiger partial charge in [-0.3, -0.25) is 19.7 Å². The molecule has 1 amide bonds. The van der Waals surface area contributed by atoms with Gasteiger partial charge in [-0.2, -0.15) is 0 Å². The second kappa shape index (κ2) is 7.63. The summed E-state index contributed by atoms with van der Waals surface area (Å²) in [6.45, 7) is 0. The quantitative estimate of drug-likeness (QED) is 0.612. The number of benzene rings is 1. The van der Waals surface area contributed by atoms with Crippen LogP contribution in [-0.2, 0) is 10.3 Å². The zero-order valence-corrected chi connectivity index (χ0v) is 17.9. The van der Waals surface area contributed by atoms with Crippen LogP contribution in [-0.4, -0.2) is 39.9 Å². The van der Waals surface area contributed by atoms with Gasteiger partial charge in [0.15, 0.2) is 11.5 Å². The van der Waals surface area contributed by atoms with Crippen molar-refractivity contribution in [3.63, 3.8) is 0 Å². The first-order valence-electron chi connectivity index (χ1n) is 9.97. The first-order valence-corrected chi connectivity index (χ1v) is 10.9. The SMILES string of the molecule is CN1C(=O)C(c2cc(OC3CC3)cc(-c3cncs3)c2)(c2ccnc(C(F)F)c2)N=C1N. The van der Waals surface area contributed by atoms with Crippen molar-refractivity contribution in [3.8, 4) is 16.2 Å². The molecule has 0 saturated heterocycles. The Kier molecular flexibility index (Phi) is 4.89. The minimum absolute atomic E-state index is 0.00161. The van der Waals surface area contributed by atoms with E-state index < -0.39 is 23.6 Å². The van der Waals surface area contributed by atoms with Crippen molar-refractivity contribution >= 4 is 23.2 Å². The lowest BCUT2D eigenvalue weighted by Gasteiger charge is -2.27. The van der Waals surface area contributed by atoms with Crippen molar-refractivity contribution in [2.45, 2.75) is 30.9 Å². The van der Waals surface area contributed by atoms with Gasteiger partial charge in [0, 0.05) is 19.4 Å². The number of halogens is 2. The Morgan fingerprint density at radius 1 is 1.25 bits per heavy atom. The maximum atomic E-state index is 13.5. The summed E-state index contributed by atoms with van der Waals surface area (Å²) in [6, 6.07) is 8.15. The lowest BCUT2D eigenvalue weighted by molar-refractivity contribution is -0.129. The van der Waals surface area contributed by atoms with E-state index in [-0.39, 0.29) is 17.6 Å². The van der Waals surface area contributed by atoms with Gasteiger partial charge in [0.2, 0.25) is 0 Å². The van der Waals surface area contributed by atoms with Gasteiger partial charge < -0.3 is 10.5 Å². The van der Waals surface area contributed by atoms with Crippen LogP contribution >= 0.6 is 11.3 Å². The van der Waals surface area contributed by atoms with Gasteiger partial charge >= 0.3 is 0 Å². The number of likely N-dealkylation sites (N-methyl/N-ethyl adjacent to an activating group) is 1. The number of amides is 1. The van der Waals surface area contributed by atoms with Crippen LogP contribution in [0.5, 0.6) is 5.75 Å². The summed E-state index contributed by atoms with van der Waals surface area (Å²) < 4.78 is 32.9. The van der Waals surface area contributed by atoms with Gasteiger partial charge in [-0.25, -0.2) is 13.8 Å². The van der Waals surface area contributed by atoms with E-state index in [9.17, 15) is 13.6 Å². The maximum Gasteiger partial charge on any atom is 0.280 e. The summed E-state index contributed by atoms with van der Waals surface area (Å²) in [6.07, 6.45) is 2.22. The molecule has 0 radical (unpaired) electrons. The fourth-order valence-corrected chi connectivity index (χ4v) is 4.34. The third kappa shape index (κ3) is 3.40. The van der Waals surface area contributed by atoms with Crippen LogP contribution in [0, 0.1) is 0 Å². The third-order valence-corrected chi connectivity index (χ3v) is 6.35. The molecule has 1 atom stereocenters. The molecule has 1 aromatic carbocycles. The average Bonchev–Trinajstić information content (AvgIpc) is 3.36. The number of pyridine rings is 1. The van der Waals surface area contributed by atoms with Crippen molar-refractivity contribution in [2.75, 3.05) is 7.05 Å². The van der Waals surface area contributed by atoms with E-state index in [2.05, 4.69) is 15.0 Å². The fourth-order valence-electron chi connectivity index (χ4n) is 3.73. The molecular weight excluding hydrogens is 436 g/mol. The van der Waals surface area contributed by atoms with E-state index >= 15 is 0 Å². The average molecular weight is 455 g/mol. The first-order chi connectivity index (χ1) is 15.4. The molecule has 0 bridgehead atoms. The van der Waals surface area contributed by atoms with E-state index in [4.69, 9.17) is 10.5 Å². The van der Waals surface area contributed by atoms with Crippen molar-refractivity contribution in [3.05, 3.63) is 65.1 Å². The summed E-state index contributed by atoms with van der Waals surface area (Å²) in [5.74, 6) is 0.130. The normalized spacial score (nSPS) is 20.7. The molecule has 3 heterocycles. The van der Waals surface area contributed by atoms with E-state index in [1.165, 1.54) is 41.6 Å². The number of hydrogen-bond acceptors (Lipinski definition) is 7. The summed E-state index contributed by atoms with van der Waals surface area (Å²) in [4.78, 5) is 28.0. The molecule has 3 aromatic rings. The summed E-state index contributed by atoms with van der Waals surface area (Å²) in [5, 5.41) is 0. The number of nitrogens with two attached hydrogens (primary N) is 1. The molecule has 2 aliphatic rings. The Bertz CT molecular complexity index is 1210. The Morgan fingerprint density at radius 3 is 2.69 bits per heavy atom. The van der Waals surface area contributed by atoms with Crippen LogP contribution in [0.25, 0.3) is 10.4 Å². The number of thiazole rings is 1. The molecule has 1 aliphatic heterocycles. The van der Waals surface area contributed by atoms with Gasteiger partial charge in [0.25, 0.3) is 12.3 Å². The van der Waals surface area contributed by atoms with Crippen LogP contribution < -0.4 is 10.5 Å². The second-order valence-electron chi connectivity index (χ2n) is 7.74. The van der Waals surface area contributed by atoms with Gasteiger partial charge in [-0.1, -0.05) is 0 Å². The third-order valence-electron chi connectivity index (χ3n) is 5.53. The van der Waals surface area contributed by atoms with Gasteiger partial charge in [-0.15, -0.1) is 11.3 Å². The van der Waals surface area contributed by atoms with Crippen molar-refractivity contribution in [1.82, 2.24) is 14.9 Å². The Hall–Kier alpha value is -3.40. The smallest absolute Gasteiger partial charge is 0.280 e. The molecular formula is C22H19F2N5O2S. The number of carbonyl (C=O) groups is 1. The highest BCUT2D eigenvalue weighted by Gasteiger charge is 2.50. The van der Waals surface area contributed by atoms with Crippen LogP contribution in [0.15, 0.2) is 53.2 Å². The van der Waals surface area contributed by atoms with Crippen LogP contribution in [0.3, 0.4) is 0 Å². The number of guanidine groups is 1. The molecule has 0 spiro atoms. The van der Waals surface area contributed by atoms with Crippen LogP contribution in [0.1, 0.15) is 36.1 Å². The monoisotopic (exact) mass is 455 g/mol. The molecule has 1 saturated carbocycles. The topological polar surface area (TPSA) is 93.7 Å². The molecule has 2 aromatic heterocycles. The number of alkyl halides is 2. The predicted molar refractivity (Wildman–Crippen MR) is 116 cm³/mol. The molecule has 1 unspecified atom stereocenters. The Labute approximate surface area is 186 Å². The number of ether oxygens (including phenoxy) is 1. The van der Waals surface area contributed by atoms with E-state index in [1.807, 2.05) is 12.1 Å². The lowest BCUT2D eigenvalue weighted by atomic mass is 9.82. The zero-order valence-electron chi connectivity index (χ0n) is 17.0. The van der Waals surface area contributed by atoms with Gasteiger partial charge in [0.1, 0.15) is 11.4 Å². The summed E-state index contributed by atoms with van der Waals surface area (Å²) in [7, 11) is 1.51. The van der Waals surface area contributed by atoms with Gasteiger partial charge in [-0.05, 0) is 59.9 Å². The number of nitrogens with zero attached hydrogens (tertiary/aromatic N) is 4. The molecule has 10 heteroatoms. The van der Waals surface area contributed by atoms with Crippen molar-refractivity contribution in [1.29, 1.82) is 0 Å². The number of hydrogen-bond donors (Lipinski definition) is 1. The second-order valence-corrected chi connectivity index (χ2v) is 8.63. The minimum Gasteiger partial charge on any atom is -0.490 e. The Morgan fingerprint density at radius 2 is 2.06 bits per heavy atom. The summed E-state index contributed by atoms with van der Waals surface area (Å²) in [5.41, 5.74) is 7.20. The van der Waals surface area contributed by atoms with Crippen molar-refractivity contribution in [2.24, 2.45) is 10.7 Å². The van der Waals surface area contributed by atoms with Crippen LogP contribution in [0.2, 0.25) is 0 Å². The molecule has 1 aliphatic carbocycles. The highest BCUT2D eigenvalue weighted by atomic mass is 32.1. The minimum atomic E-state index is -2.79. The van der Waals surface area contributed by atoms with E-state index in [1.54, 1.807) is 17.8 Å². The molecule has 32 heavy (non-hydrogen) atoms. The number of rotatable bonds is 6. The highest BCUT2D eigenvalue weighted by Crippen LogP contribution is 2.43. The Balaban J connectivity index is 1.75. The lowest BCUT2D eigenvalue weighted by Crippen LogP contribution is -2.41. The molecule has 2 N–H and O–H groups in total. The molecule has 7 nitrogen and oxygen atoms in total. The molecule has 164 valence electrons. The van der Waals surface area contributed by atoms with E-state index in [0.29, 0.717) is 11.3 Å². The molecule has 5 rings (SSSR count). The fraction of sp³-hybridized carbons (Fsp3) is 0.273. The predicted octanol–water partition coefficient (Wildman–Crippen LogP) is 3.71. The number of carbonyl (C=O) groups excluding carboxylic acids is 1. The highest BCUT2D eigenvalue weighted by molar-refractivity contribution is 7.13. The van der Waals surface area contributed by atoms with E-state index in [0.717, 1.165) is 23.3 Å². The largest absolute Gasteiger partial charge is 0.490 e. The number of aliphatic imine (C=N–C) groups is 1. The maximum absolute atomic E-state index is 13.5. The standard InChI is InChI=1S/C22H19F2N5O2S/c1-29-20(30)22(28-21(29)25,13-4-5-27-17(9-13)19(23)24)14-6-12(18-10-26-11-32-18)7-16(8-14)31-15-2-3-15/h4-11,15,19H,2-3H2,1H3,(H2,25,28). The first kappa shape index (κ1) is 20.5. The van der Waals surface area contributed by atoms with Crippen molar-refractivity contribution < 1.29 is 18.3 Å². The van der Waals surface area contributed by atoms with Gasteiger partial charge in [0.05, 0.1) is 16.5 Å².